The summed E-state index contributed by atoms with van der Waals surface area (Å²) in [5, 5.41) is 14.6. The number of benzene rings is 2. The van der Waals surface area contributed by atoms with Crippen molar-refractivity contribution in [2.24, 2.45) is 5.41 Å². The van der Waals surface area contributed by atoms with Crippen LogP contribution in [0.5, 0.6) is 0 Å². The second-order valence-corrected chi connectivity index (χ2v) is 10.8. The van der Waals surface area contributed by atoms with E-state index in [0.717, 1.165) is 28.3 Å². The van der Waals surface area contributed by atoms with Crippen LogP contribution in [0.3, 0.4) is 0 Å². The van der Waals surface area contributed by atoms with Crippen LogP contribution in [0.15, 0.2) is 48.0 Å². The molecular weight excluding hydrogens is 593 g/mol. The van der Waals surface area contributed by atoms with Crippen molar-refractivity contribution in [1.29, 1.82) is 0 Å². The van der Waals surface area contributed by atoms with E-state index < -0.39 is 0 Å². The molecule has 6 nitrogen and oxygen atoms in total. The third-order valence-corrected chi connectivity index (χ3v) is 6.35. The van der Waals surface area contributed by atoms with E-state index in [1.54, 1.807) is 41.8 Å². The number of halogens is 3. The second-order valence-electron chi connectivity index (χ2n) is 8.57. The summed E-state index contributed by atoms with van der Waals surface area (Å²) in [5.74, 6) is -0.520. The average Bonchev–Trinajstić information content (AvgIpc) is 3.34. The molecule has 3 rings (SSSR count). The van der Waals surface area contributed by atoms with Gasteiger partial charge in [-0.05, 0) is 99.0 Å². The minimum atomic E-state index is -0.351. The van der Waals surface area contributed by atoms with E-state index in [1.165, 1.54) is 0 Å². The molecule has 10 heteroatoms. The molecule has 222 valence electrons. The normalized spacial score (nSPS) is 10.8. The smallest absolute Gasteiger partial charge is 0.311 e. The zero-order valence-corrected chi connectivity index (χ0v) is 27.4. The van der Waals surface area contributed by atoms with Gasteiger partial charge in [-0.15, -0.1) is 11.3 Å². The first-order valence-electron chi connectivity index (χ1n) is 12.4. The summed E-state index contributed by atoms with van der Waals surface area (Å²) in [4.78, 5) is 31.3. The van der Waals surface area contributed by atoms with Crippen molar-refractivity contribution in [3.8, 4) is 0 Å². The summed E-state index contributed by atoms with van der Waals surface area (Å²) in [5.41, 5.74) is 1.44. The molecule has 0 bridgehead atoms. The van der Waals surface area contributed by atoms with Gasteiger partial charge in [0.25, 0.3) is 0 Å². The number of aliphatic hydroxyl groups excluding tert-OH is 1. The average molecular weight is 633 g/mol. The summed E-state index contributed by atoms with van der Waals surface area (Å²) in [6.45, 7) is 15.7. The highest BCUT2D eigenvalue weighted by molar-refractivity contribution is 7.17. The molecule has 0 saturated heterocycles. The van der Waals surface area contributed by atoms with Gasteiger partial charge >= 0.3 is 5.97 Å². The predicted molar refractivity (Wildman–Crippen MR) is 172 cm³/mol. The fraction of sp³-hybridized carbons (Fsp3) is 0.367. The number of nitrogens with one attached hydrogen (secondary N) is 1. The molecule has 3 aromatic rings. The van der Waals surface area contributed by atoms with E-state index in [0.29, 0.717) is 21.7 Å². The van der Waals surface area contributed by atoms with Gasteiger partial charge in [-0.1, -0.05) is 48.7 Å². The molecule has 1 aromatic heterocycles. The van der Waals surface area contributed by atoms with Crippen LogP contribution in [0.4, 0.5) is 0 Å². The highest BCUT2D eigenvalue weighted by Crippen LogP contribution is 2.33. The van der Waals surface area contributed by atoms with E-state index in [1.807, 2.05) is 78.8 Å². The molecule has 40 heavy (non-hydrogen) atoms. The Labute approximate surface area is 257 Å². The zero-order chi connectivity index (χ0) is 31.5. The van der Waals surface area contributed by atoms with Gasteiger partial charge in [0.15, 0.2) is 0 Å². The highest BCUT2D eigenvalue weighted by atomic mass is 35.5. The maximum atomic E-state index is 12.5. The van der Waals surface area contributed by atoms with Crippen LogP contribution in [-0.4, -0.2) is 37.5 Å². The topological polar surface area (TPSA) is 92.7 Å². The lowest BCUT2D eigenvalue weighted by Crippen LogP contribution is -2.22. The van der Waals surface area contributed by atoms with Crippen molar-refractivity contribution in [3.63, 3.8) is 0 Å². The van der Waals surface area contributed by atoms with E-state index in [2.05, 4.69) is 5.32 Å². The van der Waals surface area contributed by atoms with Crippen LogP contribution in [-0.2, 0) is 19.1 Å². The number of hydrogen-bond donors (Lipinski definition) is 2. The molecule has 2 N–H and O–H groups in total. The Balaban J connectivity index is 0. The van der Waals surface area contributed by atoms with Crippen LogP contribution in [0.1, 0.15) is 65.5 Å². The van der Waals surface area contributed by atoms with Gasteiger partial charge in [-0.3, -0.25) is 9.59 Å². The summed E-state index contributed by atoms with van der Waals surface area (Å²) in [7, 11) is 1.00. The van der Waals surface area contributed by atoms with Crippen LogP contribution in [0.2, 0.25) is 15.1 Å². The molecule has 0 aliphatic carbocycles. The number of hydrogen-bond acceptors (Lipinski definition) is 6. The van der Waals surface area contributed by atoms with Gasteiger partial charge in [0, 0.05) is 33.1 Å². The first kappa shape index (κ1) is 39.7. The lowest BCUT2D eigenvalue weighted by Gasteiger charge is -2.14. The van der Waals surface area contributed by atoms with Crippen molar-refractivity contribution in [2.45, 2.75) is 54.4 Å². The third kappa shape index (κ3) is 14.3. The van der Waals surface area contributed by atoms with Gasteiger partial charge < -0.3 is 20.0 Å². The minimum Gasteiger partial charge on any atom is -0.466 e. The lowest BCUT2D eigenvalue weighted by atomic mass is 9.97. The van der Waals surface area contributed by atoms with Crippen LogP contribution in [0, 0.1) is 5.41 Å². The van der Waals surface area contributed by atoms with Gasteiger partial charge in [0.2, 0.25) is 5.91 Å². The Morgan fingerprint density at radius 3 is 2.05 bits per heavy atom. The maximum Gasteiger partial charge on any atom is 0.311 e. The molecule has 0 aliphatic rings. The monoisotopic (exact) mass is 631 g/mol. The molecule has 0 spiro atoms. The third-order valence-electron chi connectivity index (χ3n) is 4.70. The molecule has 1 amide bonds. The number of aliphatic hydroxyl groups is 1. The number of thiophene rings is 1. The molecule has 0 fully saturated rings. The fourth-order valence-electron chi connectivity index (χ4n) is 2.86. The largest absolute Gasteiger partial charge is 0.466 e. The number of esters is 1. The zero-order valence-electron chi connectivity index (χ0n) is 24.3. The van der Waals surface area contributed by atoms with Crippen molar-refractivity contribution in [1.82, 2.24) is 5.32 Å². The number of rotatable bonds is 5. The molecule has 0 radical (unpaired) electrons. The Kier molecular flexibility index (Phi) is 21.2. The van der Waals surface area contributed by atoms with Gasteiger partial charge in [0.1, 0.15) is 6.79 Å². The summed E-state index contributed by atoms with van der Waals surface area (Å²) in [6, 6.07) is 10.9. The number of carbonyl (C=O) groups excluding carboxylic acids is 3. The van der Waals surface area contributed by atoms with Crippen LogP contribution in [0.25, 0.3) is 16.2 Å². The van der Waals surface area contributed by atoms with Gasteiger partial charge in [0.05, 0.1) is 17.9 Å². The number of ether oxygens (including phenoxy) is 1. The summed E-state index contributed by atoms with van der Waals surface area (Å²) < 4.78 is 5.88. The van der Waals surface area contributed by atoms with Crippen molar-refractivity contribution >= 4 is 81.0 Å². The lowest BCUT2D eigenvalue weighted by molar-refractivity contribution is -0.152. The van der Waals surface area contributed by atoms with Gasteiger partial charge in [-0.25, -0.2) is 0 Å². The summed E-state index contributed by atoms with van der Waals surface area (Å²) >= 11 is 19.6. The van der Waals surface area contributed by atoms with E-state index in [4.69, 9.17) is 49.4 Å². The standard InChI is InChI=1S/C19H14Cl3NOS.C7H14O2.C2H6.CH4O.CH2O/c1-11(17-10-25-18-3-2-13(20)9-16(17)18)19(24)23-5-4-12-6-14(21)8-15(22)7-12;1-5-9-6(8)7(2,3)4;3*1-2/h2-11H,1H3,(H,23,24);5H2,1-4H3;1-2H3;2H,1H3;1H2/b5-4+;;;;. The Bertz CT molecular complexity index is 1190. The Morgan fingerprint density at radius 2 is 1.57 bits per heavy atom. The summed E-state index contributed by atoms with van der Waals surface area (Å²) in [6.07, 6.45) is 3.35. The number of amides is 1. The Hall–Kier alpha value is -2.42. The SMILES string of the molecule is C=O.CC.CC(C(=O)N/C=C/c1cc(Cl)cc(Cl)c1)c1csc2ccc(Cl)cc12.CCOC(=O)C(C)(C)C.CO. The van der Waals surface area contributed by atoms with Crippen molar-refractivity contribution < 1.29 is 24.2 Å². The predicted octanol–water partition coefficient (Wildman–Crippen LogP) is 8.80. The van der Waals surface area contributed by atoms with Crippen molar-refractivity contribution in [3.05, 3.63) is 74.2 Å². The number of carbonyl (C=O) groups is 3. The minimum absolute atomic E-state index is 0.0935. The molecule has 1 atom stereocenters. The first-order valence-corrected chi connectivity index (χ1v) is 14.4. The quantitative estimate of drug-likeness (QED) is 0.274. The molecular formula is C30H40Cl3NO5S. The first-order chi connectivity index (χ1) is 18.9. The molecule has 1 heterocycles. The Morgan fingerprint density at radius 1 is 1.02 bits per heavy atom. The molecule has 2 aromatic carbocycles. The van der Waals surface area contributed by atoms with Crippen LogP contribution < -0.4 is 5.32 Å². The van der Waals surface area contributed by atoms with E-state index >= 15 is 0 Å². The van der Waals surface area contributed by atoms with Gasteiger partial charge in [-0.2, -0.15) is 0 Å². The second kappa shape index (κ2) is 21.3. The van der Waals surface area contributed by atoms with E-state index in [-0.39, 0.29) is 23.2 Å². The maximum absolute atomic E-state index is 12.5. The fourth-order valence-corrected chi connectivity index (χ4v) is 4.61. The van der Waals surface area contributed by atoms with Crippen LogP contribution >= 0.6 is 46.1 Å². The molecule has 1 unspecified atom stereocenters. The molecule has 0 aliphatic heterocycles. The number of fused-ring (bicyclic) bond motifs is 1. The van der Waals surface area contributed by atoms with Crippen molar-refractivity contribution in [2.75, 3.05) is 13.7 Å². The molecule has 0 saturated carbocycles. The highest BCUT2D eigenvalue weighted by Gasteiger charge is 2.22. The van der Waals surface area contributed by atoms with E-state index in [9.17, 15) is 9.59 Å².